The standard InChI is InChI=1S/C30H56N2O6S2/c1-3-5-7-9-11-13-15-17-19-21-27(33)37-25-23-31(39)29(35)30(36)32(40)24-26-38-28(34)22-20-18-16-14-12-10-8-6-4-2/h39-40H,3-26H2,1-2H3. The molecule has 0 saturated heterocycles. The average Bonchev–Trinajstić information content (AvgIpc) is 2.94. The molecular formula is C30H56N2O6S2. The van der Waals surface area contributed by atoms with Gasteiger partial charge in [0, 0.05) is 12.8 Å². The zero-order valence-electron chi connectivity index (χ0n) is 25.2. The van der Waals surface area contributed by atoms with E-state index in [2.05, 4.69) is 39.5 Å². The zero-order chi connectivity index (χ0) is 29.8. The molecule has 0 aliphatic heterocycles. The second kappa shape index (κ2) is 27.7. The molecular weight excluding hydrogens is 548 g/mol. The van der Waals surface area contributed by atoms with Gasteiger partial charge in [0.15, 0.2) is 0 Å². The monoisotopic (exact) mass is 604 g/mol. The molecule has 40 heavy (non-hydrogen) atoms. The van der Waals surface area contributed by atoms with Crippen molar-refractivity contribution in [2.75, 3.05) is 26.3 Å². The third-order valence-corrected chi connectivity index (χ3v) is 7.52. The Bertz CT molecular complexity index is 625. The van der Waals surface area contributed by atoms with E-state index in [0.717, 1.165) is 47.1 Å². The third kappa shape index (κ3) is 23.3. The van der Waals surface area contributed by atoms with E-state index in [9.17, 15) is 19.2 Å². The molecule has 0 saturated carbocycles. The molecule has 234 valence electrons. The molecule has 0 spiro atoms. The Morgan fingerprint density at radius 3 is 1.05 bits per heavy atom. The smallest absolute Gasteiger partial charge is 0.322 e. The predicted octanol–water partition coefficient (Wildman–Crippen LogP) is 7.26. The van der Waals surface area contributed by atoms with E-state index in [1.54, 1.807) is 0 Å². The van der Waals surface area contributed by atoms with Crippen molar-refractivity contribution in [2.45, 2.75) is 142 Å². The van der Waals surface area contributed by atoms with Crippen molar-refractivity contribution in [1.29, 1.82) is 0 Å². The van der Waals surface area contributed by atoms with Crippen molar-refractivity contribution in [1.82, 2.24) is 8.61 Å². The Hall–Kier alpha value is -1.42. The van der Waals surface area contributed by atoms with Crippen molar-refractivity contribution in [2.24, 2.45) is 0 Å². The molecule has 8 nitrogen and oxygen atoms in total. The number of unbranched alkanes of at least 4 members (excludes halogenated alkanes) is 16. The number of carbonyl (C=O) groups is 4. The quantitative estimate of drug-likeness (QED) is 0.0467. The molecule has 10 heteroatoms. The van der Waals surface area contributed by atoms with Crippen LogP contribution in [0, 0.1) is 0 Å². The van der Waals surface area contributed by atoms with Crippen molar-refractivity contribution in [3.63, 3.8) is 0 Å². The van der Waals surface area contributed by atoms with Gasteiger partial charge in [0.05, 0.1) is 13.1 Å². The Labute approximate surface area is 254 Å². The Balaban J connectivity index is 3.83. The summed E-state index contributed by atoms with van der Waals surface area (Å²) in [5, 5.41) is 0. The molecule has 0 heterocycles. The Morgan fingerprint density at radius 1 is 0.475 bits per heavy atom. The summed E-state index contributed by atoms with van der Waals surface area (Å²) >= 11 is 8.07. The minimum atomic E-state index is -0.894. The van der Waals surface area contributed by atoms with E-state index < -0.39 is 11.8 Å². The van der Waals surface area contributed by atoms with E-state index in [1.165, 1.54) is 77.0 Å². The lowest BCUT2D eigenvalue weighted by atomic mass is 10.1. The summed E-state index contributed by atoms with van der Waals surface area (Å²) in [5.41, 5.74) is 0. The van der Waals surface area contributed by atoms with Crippen molar-refractivity contribution in [3.8, 4) is 0 Å². The number of rotatable bonds is 26. The second-order valence-electron chi connectivity index (χ2n) is 10.5. The molecule has 0 fully saturated rings. The van der Waals surface area contributed by atoms with Crippen LogP contribution in [0.25, 0.3) is 0 Å². The van der Waals surface area contributed by atoms with Crippen molar-refractivity contribution in [3.05, 3.63) is 0 Å². The molecule has 0 aromatic rings. The number of amides is 2. The molecule has 0 aromatic carbocycles. The first-order chi connectivity index (χ1) is 19.3. The number of carbonyl (C=O) groups excluding carboxylic acids is 4. The van der Waals surface area contributed by atoms with Gasteiger partial charge in [-0.1, -0.05) is 142 Å². The topological polar surface area (TPSA) is 93.2 Å². The molecule has 0 aliphatic rings. The summed E-state index contributed by atoms with van der Waals surface area (Å²) in [6.07, 6.45) is 21.7. The molecule has 0 bridgehead atoms. The summed E-state index contributed by atoms with van der Waals surface area (Å²) in [7, 11) is 0. The Morgan fingerprint density at radius 2 is 0.750 bits per heavy atom. The van der Waals surface area contributed by atoms with E-state index in [-0.39, 0.29) is 38.2 Å². The summed E-state index contributed by atoms with van der Waals surface area (Å²) in [6, 6.07) is 0. The van der Waals surface area contributed by atoms with Gasteiger partial charge in [-0.05, 0) is 12.8 Å². The van der Waals surface area contributed by atoms with Gasteiger partial charge in [-0.25, -0.2) is 0 Å². The van der Waals surface area contributed by atoms with E-state index in [0.29, 0.717) is 12.8 Å². The fraction of sp³-hybridized carbons (Fsp3) is 0.867. The summed E-state index contributed by atoms with van der Waals surface area (Å²) < 4.78 is 12.1. The van der Waals surface area contributed by atoms with Crippen molar-refractivity contribution >= 4 is 49.4 Å². The number of hydrogen-bond donors (Lipinski definition) is 2. The van der Waals surface area contributed by atoms with Crippen LogP contribution in [0.2, 0.25) is 0 Å². The zero-order valence-corrected chi connectivity index (χ0v) is 27.0. The molecule has 0 aromatic heterocycles. The van der Waals surface area contributed by atoms with Gasteiger partial charge < -0.3 is 9.47 Å². The van der Waals surface area contributed by atoms with Crippen LogP contribution >= 0.6 is 25.6 Å². The van der Waals surface area contributed by atoms with Crippen LogP contribution in [0.3, 0.4) is 0 Å². The van der Waals surface area contributed by atoms with Gasteiger partial charge in [0.25, 0.3) is 0 Å². The van der Waals surface area contributed by atoms with Gasteiger partial charge in [0.2, 0.25) is 0 Å². The fourth-order valence-electron chi connectivity index (χ4n) is 4.22. The van der Waals surface area contributed by atoms with E-state index >= 15 is 0 Å². The average molecular weight is 605 g/mol. The van der Waals surface area contributed by atoms with E-state index in [4.69, 9.17) is 9.47 Å². The van der Waals surface area contributed by atoms with Crippen LogP contribution in [0.5, 0.6) is 0 Å². The third-order valence-electron chi connectivity index (χ3n) is 6.75. The number of nitrogens with zero attached hydrogens (tertiary/aromatic N) is 2. The van der Waals surface area contributed by atoms with Crippen LogP contribution in [0.15, 0.2) is 0 Å². The summed E-state index contributed by atoms with van der Waals surface area (Å²) in [5.74, 6) is -2.42. The second-order valence-corrected chi connectivity index (χ2v) is 11.4. The lowest BCUT2D eigenvalue weighted by Gasteiger charge is -2.19. The molecule has 0 aliphatic carbocycles. The molecule has 0 atom stereocenters. The van der Waals surface area contributed by atoms with Crippen LogP contribution < -0.4 is 0 Å². The van der Waals surface area contributed by atoms with Gasteiger partial charge in [-0.2, -0.15) is 0 Å². The highest BCUT2D eigenvalue weighted by molar-refractivity contribution is 7.79. The first kappa shape index (κ1) is 38.6. The summed E-state index contributed by atoms with van der Waals surface area (Å²) in [4.78, 5) is 48.3. The first-order valence-electron chi connectivity index (χ1n) is 15.7. The minimum absolute atomic E-state index is 0.0213. The van der Waals surface area contributed by atoms with Crippen LogP contribution in [-0.2, 0) is 28.7 Å². The molecule has 0 radical (unpaired) electrons. The maximum Gasteiger partial charge on any atom is 0.322 e. The maximum absolute atomic E-state index is 12.3. The number of ether oxygens (including phenoxy) is 2. The largest absolute Gasteiger partial charge is 0.464 e. The number of esters is 2. The molecule has 0 unspecified atom stereocenters. The predicted molar refractivity (Wildman–Crippen MR) is 167 cm³/mol. The van der Waals surface area contributed by atoms with Gasteiger partial charge in [0.1, 0.15) is 13.2 Å². The molecule has 0 rings (SSSR count). The highest BCUT2D eigenvalue weighted by Crippen LogP contribution is 2.12. The highest BCUT2D eigenvalue weighted by Gasteiger charge is 2.24. The Kier molecular flexibility index (Phi) is 26.8. The molecule has 0 N–H and O–H groups in total. The number of hydrogen-bond acceptors (Lipinski definition) is 8. The van der Waals surface area contributed by atoms with Crippen LogP contribution in [-0.4, -0.2) is 58.7 Å². The van der Waals surface area contributed by atoms with Gasteiger partial charge in [-0.15, -0.1) is 0 Å². The molecule has 2 amide bonds. The highest BCUT2D eigenvalue weighted by atomic mass is 32.1. The first-order valence-corrected chi connectivity index (χ1v) is 16.5. The normalized spacial score (nSPS) is 10.8. The maximum atomic E-state index is 12.3. The summed E-state index contributed by atoms with van der Waals surface area (Å²) in [6.45, 7) is 4.30. The van der Waals surface area contributed by atoms with Gasteiger partial charge >= 0.3 is 23.8 Å². The lowest BCUT2D eigenvalue weighted by Crippen LogP contribution is -2.40. The van der Waals surface area contributed by atoms with Gasteiger partial charge in [-0.3, -0.25) is 27.8 Å². The number of thiol groups is 2. The minimum Gasteiger partial charge on any atom is -0.464 e. The lowest BCUT2D eigenvalue weighted by molar-refractivity contribution is -0.149. The SMILES string of the molecule is CCCCCCCCCCCC(=O)OCCN(S)C(=O)C(=O)N(S)CCOC(=O)CCCCCCCCCCC. The van der Waals surface area contributed by atoms with Crippen molar-refractivity contribution < 1.29 is 28.7 Å². The van der Waals surface area contributed by atoms with E-state index in [1.807, 2.05) is 0 Å². The van der Waals surface area contributed by atoms with Crippen LogP contribution in [0.4, 0.5) is 0 Å². The fourth-order valence-corrected chi connectivity index (χ4v) is 4.55. The van der Waals surface area contributed by atoms with Crippen LogP contribution in [0.1, 0.15) is 142 Å².